The molecule has 0 aliphatic carbocycles. The molecule has 188 valence electrons. The first-order valence-electron chi connectivity index (χ1n) is 11.4. The highest BCUT2D eigenvalue weighted by Crippen LogP contribution is 2.30. The lowest BCUT2D eigenvalue weighted by Crippen LogP contribution is -2.37. The van der Waals surface area contributed by atoms with Gasteiger partial charge in [-0.05, 0) is 71.6 Å². The Labute approximate surface area is 215 Å². The number of hydrogen-bond acceptors (Lipinski definition) is 7. The average molecular weight is 516 g/mol. The SMILES string of the molecule is CC(C)(C)c1ccc(S(=O)(=O)N(C(=O)c2ccncc2)c2ccc(OC(=O)c3ccncc3)cc2)cc1. The minimum absolute atomic E-state index is 0.0314. The van der Waals surface area contributed by atoms with E-state index in [0.29, 0.717) is 5.56 Å². The quantitative estimate of drug-likeness (QED) is 0.262. The molecule has 0 spiro atoms. The van der Waals surface area contributed by atoms with E-state index in [9.17, 15) is 18.0 Å². The topological polar surface area (TPSA) is 107 Å². The Kier molecular flexibility index (Phi) is 7.17. The smallest absolute Gasteiger partial charge is 0.343 e. The fraction of sp³-hybridized carbons (Fsp3) is 0.143. The van der Waals surface area contributed by atoms with Crippen molar-refractivity contribution in [3.63, 3.8) is 0 Å². The molecule has 0 atom stereocenters. The van der Waals surface area contributed by atoms with Crippen LogP contribution in [0, 0.1) is 0 Å². The van der Waals surface area contributed by atoms with Gasteiger partial charge in [0.25, 0.3) is 15.9 Å². The van der Waals surface area contributed by atoms with Crippen LogP contribution in [0.3, 0.4) is 0 Å². The van der Waals surface area contributed by atoms with Crippen LogP contribution in [0.4, 0.5) is 5.69 Å². The van der Waals surface area contributed by atoms with Gasteiger partial charge in [-0.25, -0.2) is 13.2 Å². The number of rotatable bonds is 6. The van der Waals surface area contributed by atoms with E-state index < -0.39 is 21.9 Å². The molecule has 4 rings (SSSR count). The van der Waals surface area contributed by atoms with Crippen LogP contribution in [-0.2, 0) is 15.4 Å². The molecule has 0 saturated carbocycles. The zero-order valence-corrected chi connectivity index (χ0v) is 21.3. The van der Waals surface area contributed by atoms with Crippen molar-refractivity contribution in [3.8, 4) is 5.75 Å². The van der Waals surface area contributed by atoms with E-state index in [-0.39, 0.29) is 27.3 Å². The number of hydrogen-bond donors (Lipinski definition) is 0. The summed E-state index contributed by atoms with van der Waals surface area (Å²) < 4.78 is 33.6. The van der Waals surface area contributed by atoms with Crippen molar-refractivity contribution < 1.29 is 22.7 Å². The molecule has 0 unspecified atom stereocenters. The van der Waals surface area contributed by atoms with Crippen molar-refractivity contribution in [2.75, 3.05) is 4.31 Å². The number of anilines is 1. The summed E-state index contributed by atoms with van der Waals surface area (Å²) in [5, 5.41) is 0. The number of esters is 1. The number of nitrogens with zero attached hydrogens (tertiary/aromatic N) is 3. The number of carbonyl (C=O) groups excluding carboxylic acids is 2. The van der Waals surface area contributed by atoms with Crippen LogP contribution in [0.25, 0.3) is 0 Å². The third kappa shape index (κ3) is 5.73. The number of benzene rings is 2. The second-order valence-electron chi connectivity index (χ2n) is 9.20. The normalized spacial score (nSPS) is 11.5. The van der Waals surface area contributed by atoms with Crippen LogP contribution in [0.5, 0.6) is 5.75 Å². The first kappa shape index (κ1) is 25.7. The summed E-state index contributed by atoms with van der Waals surface area (Å²) in [6.45, 7) is 6.08. The van der Waals surface area contributed by atoms with Crippen molar-refractivity contribution in [2.45, 2.75) is 31.1 Å². The van der Waals surface area contributed by atoms with Crippen LogP contribution in [0.2, 0.25) is 0 Å². The monoisotopic (exact) mass is 515 g/mol. The van der Waals surface area contributed by atoms with E-state index in [1.807, 2.05) is 20.8 Å². The molecule has 0 N–H and O–H groups in total. The van der Waals surface area contributed by atoms with Crippen molar-refractivity contribution in [1.82, 2.24) is 9.97 Å². The lowest BCUT2D eigenvalue weighted by Gasteiger charge is -2.24. The van der Waals surface area contributed by atoms with Crippen LogP contribution in [0.15, 0.2) is 102 Å². The zero-order chi connectivity index (χ0) is 26.6. The van der Waals surface area contributed by atoms with Gasteiger partial charge in [-0.15, -0.1) is 0 Å². The fourth-order valence-electron chi connectivity index (χ4n) is 3.51. The summed E-state index contributed by atoms with van der Waals surface area (Å²) >= 11 is 0. The summed E-state index contributed by atoms with van der Waals surface area (Å²) in [7, 11) is -4.29. The van der Waals surface area contributed by atoms with Gasteiger partial charge in [-0.2, -0.15) is 4.31 Å². The van der Waals surface area contributed by atoms with E-state index in [0.717, 1.165) is 9.87 Å². The van der Waals surface area contributed by atoms with Gasteiger partial charge in [0.1, 0.15) is 5.75 Å². The Morgan fingerprint density at radius 1 is 0.730 bits per heavy atom. The number of ether oxygens (including phenoxy) is 1. The maximum absolute atomic E-state index is 13.8. The molecule has 2 heterocycles. The molecule has 2 aromatic heterocycles. The molecule has 4 aromatic rings. The Hall–Kier alpha value is -4.37. The van der Waals surface area contributed by atoms with Gasteiger partial charge in [0.15, 0.2) is 0 Å². The second-order valence-corrected chi connectivity index (χ2v) is 11.0. The van der Waals surface area contributed by atoms with Crippen molar-refractivity contribution in [2.24, 2.45) is 0 Å². The van der Waals surface area contributed by atoms with Gasteiger partial charge in [-0.3, -0.25) is 14.8 Å². The Balaban J connectivity index is 1.70. The van der Waals surface area contributed by atoms with Gasteiger partial charge < -0.3 is 4.74 Å². The van der Waals surface area contributed by atoms with E-state index >= 15 is 0 Å². The number of pyridine rings is 2. The lowest BCUT2D eigenvalue weighted by molar-refractivity contribution is 0.0734. The molecule has 0 aliphatic rings. The highest BCUT2D eigenvalue weighted by atomic mass is 32.2. The largest absolute Gasteiger partial charge is 0.423 e. The fourth-order valence-corrected chi connectivity index (χ4v) is 4.93. The summed E-state index contributed by atoms with van der Waals surface area (Å²) in [6, 6.07) is 18.1. The van der Waals surface area contributed by atoms with Gasteiger partial charge in [0.05, 0.1) is 16.1 Å². The highest BCUT2D eigenvalue weighted by Gasteiger charge is 2.32. The van der Waals surface area contributed by atoms with Crippen molar-refractivity contribution in [1.29, 1.82) is 0 Å². The lowest BCUT2D eigenvalue weighted by atomic mass is 9.87. The maximum Gasteiger partial charge on any atom is 0.343 e. The molecular weight excluding hydrogens is 490 g/mol. The standard InChI is InChI=1S/C28H25N3O5S/c1-28(2,3)22-4-10-25(11-5-22)37(34,35)31(26(32)20-12-16-29-17-13-20)23-6-8-24(9-7-23)36-27(33)21-14-18-30-19-15-21/h4-19H,1-3H3. The Bertz CT molecular complexity index is 1500. The predicted octanol–water partition coefficient (Wildman–Crippen LogP) is 5.03. The van der Waals surface area contributed by atoms with Crippen LogP contribution >= 0.6 is 0 Å². The molecule has 0 aliphatic heterocycles. The minimum atomic E-state index is -4.29. The predicted molar refractivity (Wildman–Crippen MR) is 139 cm³/mol. The molecule has 9 heteroatoms. The highest BCUT2D eigenvalue weighted by molar-refractivity contribution is 7.93. The average Bonchev–Trinajstić information content (AvgIpc) is 2.90. The van der Waals surface area contributed by atoms with Gasteiger partial charge in [0, 0.05) is 30.4 Å². The molecular formula is C28H25N3O5S. The molecule has 0 saturated heterocycles. The molecule has 1 amide bonds. The van der Waals surface area contributed by atoms with E-state index in [2.05, 4.69) is 9.97 Å². The minimum Gasteiger partial charge on any atom is -0.423 e. The first-order valence-corrected chi connectivity index (χ1v) is 12.8. The summed E-state index contributed by atoms with van der Waals surface area (Å²) in [4.78, 5) is 33.6. The molecule has 8 nitrogen and oxygen atoms in total. The number of amides is 1. The molecule has 2 aromatic carbocycles. The third-order valence-corrected chi connectivity index (χ3v) is 7.29. The second kappa shape index (κ2) is 10.3. The maximum atomic E-state index is 13.8. The molecule has 0 bridgehead atoms. The van der Waals surface area contributed by atoms with E-state index in [1.54, 1.807) is 12.1 Å². The molecule has 37 heavy (non-hydrogen) atoms. The Morgan fingerprint density at radius 3 is 1.76 bits per heavy atom. The van der Waals surface area contributed by atoms with E-state index in [1.165, 1.54) is 85.5 Å². The van der Waals surface area contributed by atoms with Gasteiger partial charge in [0.2, 0.25) is 0 Å². The first-order chi connectivity index (χ1) is 17.6. The van der Waals surface area contributed by atoms with Gasteiger partial charge in [-0.1, -0.05) is 32.9 Å². The summed E-state index contributed by atoms with van der Waals surface area (Å²) in [5.41, 5.74) is 1.34. The number of carbonyl (C=O) groups is 2. The molecule has 0 radical (unpaired) electrons. The number of sulfonamides is 1. The van der Waals surface area contributed by atoms with Crippen LogP contribution < -0.4 is 9.04 Å². The summed E-state index contributed by atoms with van der Waals surface area (Å²) in [5.74, 6) is -1.15. The van der Waals surface area contributed by atoms with Crippen molar-refractivity contribution >= 4 is 27.6 Å². The van der Waals surface area contributed by atoms with Gasteiger partial charge >= 0.3 is 5.97 Å². The third-order valence-electron chi connectivity index (χ3n) is 5.57. The van der Waals surface area contributed by atoms with E-state index in [4.69, 9.17) is 4.74 Å². The summed E-state index contributed by atoms with van der Waals surface area (Å²) in [6.07, 6.45) is 5.78. The van der Waals surface area contributed by atoms with Crippen LogP contribution in [0.1, 0.15) is 47.1 Å². The zero-order valence-electron chi connectivity index (χ0n) is 20.5. The Morgan fingerprint density at radius 2 is 1.24 bits per heavy atom. The van der Waals surface area contributed by atoms with Crippen molar-refractivity contribution in [3.05, 3.63) is 114 Å². The van der Waals surface area contributed by atoms with Crippen LogP contribution in [-0.4, -0.2) is 30.3 Å². The molecule has 0 fully saturated rings. The number of aromatic nitrogens is 2.